The Hall–Kier alpha value is -1.42. The molecule has 1 N–H and O–H groups in total. The molecule has 1 aromatic rings. The van der Waals surface area contributed by atoms with Crippen molar-refractivity contribution in [1.29, 1.82) is 0 Å². The van der Waals surface area contributed by atoms with Gasteiger partial charge in [-0.05, 0) is 24.1 Å². The second kappa shape index (κ2) is 7.39. The summed E-state index contributed by atoms with van der Waals surface area (Å²) < 4.78 is 16.0. The lowest BCUT2D eigenvalue weighted by Gasteiger charge is -2.13. The highest BCUT2D eigenvalue weighted by Crippen LogP contribution is 2.43. The standard InChI is InChI=1S/C16H24O4/c1-3-4-5-6-7-8-13(17)12-9-14(18-2)16-15(10-12)19-11-20-16/h9-10,13,17H,3-8,11H2,1-2H3. The third-order valence-electron chi connectivity index (χ3n) is 3.65. The molecule has 1 atom stereocenters. The van der Waals surface area contributed by atoms with Crippen molar-refractivity contribution in [1.82, 2.24) is 0 Å². The van der Waals surface area contributed by atoms with Crippen molar-refractivity contribution in [3.8, 4) is 17.2 Å². The molecule has 0 spiro atoms. The third kappa shape index (κ3) is 3.57. The van der Waals surface area contributed by atoms with Crippen molar-refractivity contribution in [2.24, 2.45) is 0 Å². The minimum atomic E-state index is -0.472. The first-order chi connectivity index (χ1) is 9.76. The highest BCUT2D eigenvalue weighted by atomic mass is 16.7. The number of rotatable bonds is 8. The molecule has 4 nitrogen and oxygen atoms in total. The zero-order valence-electron chi connectivity index (χ0n) is 12.4. The van der Waals surface area contributed by atoms with Crippen molar-refractivity contribution in [3.63, 3.8) is 0 Å². The van der Waals surface area contributed by atoms with Gasteiger partial charge >= 0.3 is 0 Å². The molecule has 0 bridgehead atoms. The zero-order chi connectivity index (χ0) is 14.4. The van der Waals surface area contributed by atoms with Gasteiger partial charge in [0.05, 0.1) is 13.2 Å². The van der Waals surface area contributed by atoms with Crippen LogP contribution < -0.4 is 14.2 Å². The number of hydrogen-bond acceptors (Lipinski definition) is 4. The molecule has 0 aromatic heterocycles. The number of unbranched alkanes of at least 4 members (excludes halogenated alkanes) is 4. The Bertz CT molecular complexity index is 431. The predicted octanol–water partition coefficient (Wildman–Crippen LogP) is 3.82. The monoisotopic (exact) mass is 280 g/mol. The number of aliphatic hydroxyl groups excluding tert-OH is 1. The van der Waals surface area contributed by atoms with Gasteiger partial charge in [0.1, 0.15) is 0 Å². The molecular weight excluding hydrogens is 256 g/mol. The average molecular weight is 280 g/mol. The summed E-state index contributed by atoms with van der Waals surface area (Å²) in [5.41, 5.74) is 0.835. The number of benzene rings is 1. The largest absolute Gasteiger partial charge is 0.493 e. The van der Waals surface area contributed by atoms with Crippen molar-refractivity contribution in [2.75, 3.05) is 13.9 Å². The maximum Gasteiger partial charge on any atom is 0.231 e. The van der Waals surface area contributed by atoms with Gasteiger partial charge in [-0.3, -0.25) is 0 Å². The average Bonchev–Trinajstić information content (AvgIpc) is 2.94. The molecule has 1 aliphatic heterocycles. The van der Waals surface area contributed by atoms with Crippen LogP contribution in [0.1, 0.15) is 57.1 Å². The maximum absolute atomic E-state index is 10.3. The number of fused-ring (bicyclic) bond motifs is 1. The number of methoxy groups -OCH3 is 1. The van der Waals surface area contributed by atoms with Crippen LogP contribution >= 0.6 is 0 Å². The van der Waals surface area contributed by atoms with E-state index >= 15 is 0 Å². The summed E-state index contributed by atoms with van der Waals surface area (Å²) in [4.78, 5) is 0. The van der Waals surface area contributed by atoms with Crippen LogP contribution in [-0.4, -0.2) is 19.0 Å². The minimum Gasteiger partial charge on any atom is -0.493 e. The van der Waals surface area contributed by atoms with Crippen LogP contribution in [0.25, 0.3) is 0 Å². The van der Waals surface area contributed by atoms with E-state index in [0.29, 0.717) is 17.2 Å². The van der Waals surface area contributed by atoms with Gasteiger partial charge < -0.3 is 19.3 Å². The summed E-state index contributed by atoms with van der Waals surface area (Å²) >= 11 is 0. The first kappa shape index (κ1) is 15.0. The molecule has 4 heteroatoms. The quantitative estimate of drug-likeness (QED) is 0.735. The smallest absolute Gasteiger partial charge is 0.231 e. The van der Waals surface area contributed by atoms with E-state index in [0.717, 1.165) is 18.4 Å². The molecule has 1 aliphatic rings. The molecule has 0 aliphatic carbocycles. The predicted molar refractivity (Wildman–Crippen MR) is 77.5 cm³/mol. The molecule has 20 heavy (non-hydrogen) atoms. The Morgan fingerprint density at radius 2 is 2.00 bits per heavy atom. The lowest BCUT2D eigenvalue weighted by atomic mass is 10.0. The Balaban J connectivity index is 1.94. The van der Waals surface area contributed by atoms with Crippen molar-refractivity contribution < 1.29 is 19.3 Å². The van der Waals surface area contributed by atoms with E-state index in [-0.39, 0.29) is 6.79 Å². The van der Waals surface area contributed by atoms with E-state index in [2.05, 4.69) is 6.92 Å². The van der Waals surface area contributed by atoms with Gasteiger partial charge in [-0.1, -0.05) is 39.0 Å². The normalized spacial score (nSPS) is 14.3. The fraction of sp³-hybridized carbons (Fsp3) is 0.625. The second-order valence-electron chi connectivity index (χ2n) is 5.18. The van der Waals surface area contributed by atoms with Crippen LogP contribution in [0.4, 0.5) is 0 Å². The van der Waals surface area contributed by atoms with Gasteiger partial charge in [0.15, 0.2) is 11.5 Å². The first-order valence-corrected chi connectivity index (χ1v) is 7.41. The summed E-state index contributed by atoms with van der Waals surface area (Å²) in [6.45, 7) is 2.41. The molecule has 0 fully saturated rings. The lowest BCUT2D eigenvalue weighted by molar-refractivity contribution is 0.162. The minimum absolute atomic E-state index is 0.211. The molecule has 1 aromatic carbocycles. The molecular formula is C16H24O4. The van der Waals surface area contributed by atoms with E-state index in [1.165, 1.54) is 25.7 Å². The SMILES string of the molecule is CCCCCCCC(O)c1cc(OC)c2c(c1)OCO2. The fourth-order valence-corrected chi connectivity index (χ4v) is 2.45. The lowest BCUT2D eigenvalue weighted by Crippen LogP contribution is -1.99. The van der Waals surface area contributed by atoms with Crippen LogP contribution in [0, 0.1) is 0 Å². The van der Waals surface area contributed by atoms with Gasteiger partial charge in [0, 0.05) is 0 Å². The van der Waals surface area contributed by atoms with Gasteiger partial charge in [-0.25, -0.2) is 0 Å². The fourth-order valence-electron chi connectivity index (χ4n) is 2.45. The molecule has 0 amide bonds. The van der Waals surface area contributed by atoms with Crippen LogP contribution in [0.2, 0.25) is 0 Å². The first-order valence-electron chi connectivity index (χ1n) is 7.41. The number of hydrogen-bond donors (Lipinski definition) is 1. The molecule has 0 radical (unpaired) electrons. The van der Waals surface area contributed by atoms with Gasteiger partial charge in [-0.2, -0.15) is 0 Å². The number of ether oxygens (including phenoxy) is 3. The van der Waals surface area contributed by atoms with Crippen LogP contribution in [0.3, 0.4) is 0 Å². The maximum atomic E-state index is 10.3. The molecule has 0 saturated heterocycles. The highest BCUT2D eigenvalue weighted by molar-refractivity contribution is 5.55. The van der Waals surface area contributed by atoms with Crippen LogP contribution in [0.15, 0.2) is 12.1 Å². The highest BCUT2D eigenvalue weighted by Gasteiger charge is 2.22. The van der Waals surface area contributed by atoms with Gasteiger partial charge in [0.2, 0.25) is 12.5 Å². The van der Waals surface area contributed by atoms with Crippen LogP contribution in [0.5, 0.6) is 17.2 Å². The Kier molecular flexibility index (Phi) is 5.53. The van der Waals surface area contributed by atoms with E-state index in [9.17, 15) is 5.11 Å². The molecule has 1 heterocycles. The summed E-state index contributed by atoms with van der Waals surface area (Å²) in [5, 5.41) is 10.3. The van der Waals surface area contributed by atoms with E-state index in [4.69, 9.17) is 14.2 Å². The Labute approximate surface area is 120 Å². The van der Waals surface area contributed by atoms with E-state index in [1.54, 1.807) is 7.11 Å². The van der Waals surface area contributed by atoms with Gasteiger partial charge in [0.25, 0.3) is 0 Å². The van der Waals surface area contributed by atoms with Crippen molar-refractivity contribution in [3.05, 3.63) is 17.7 Å². The Morgan fingerprint density at radius 3 is 2.75 bits per heavy atom. The molecule has 0 saturated carbocycles. The van der Waals surface area contributed by atoms with Crippen LogP contribution in [-0.2, 0) is 0 Å². The molecule has 1 unspecified atom stereocenters. The topological polar surface area (TPSA) is 47.9 Å². The third-order valence-corrected chi connectivity index (χ3v) is 3.65. The summed E-state index contributed by atoms with van der Waals surface area (Å²) in [6, 6.07) is 3.69. The molecule has 2 rings (SSSR count). The summed E-state index contributed by atoms with van der Waals surface area (Å²) in [7, 11) is 1.60. The summed E-state index contributed by atoms with van der Waals surface area (Å²) in [6.07, 6.45) is 6.26. The molecule has 112 valence electrons. The second-order valence-corrected chi connectivity index (χ2v) is 5.18. The van der Waals surface area contributed by atoms with Gasteiger partial charge in [-0.15, -0.1) is 0 Å². The summed E-state index contributed by atoms with van der Waals surface area (Å²) in [5.74, 6) is 1.91. The zero-order valence-corrected chi connectivity index (χ0v) is 12.4. The van der Waals surface area contributed by atoms with Crippen molar-refractivity contribution >= 4 is 0 Å². The van der Waals surface area contributed by atoms with E-state index < -0.39 is 6.10 Å². The Morgan fingerprint density at radius 1 is 1.20 bits per heavy atom. The number of aliphatic hydroxyl groups is 1. The van der Waals surface area contributed by atoms with E-state index in [1.807, 2.05) is 12.1 Å². The van der Waals surface area contributed by atoms with Crippen molar-refractivity contribution in [2.45, 2.75) is 51.6 Å².